The molecule has 0 radical (unpaired) electrons. The number of rotatable bonds is 6. The van der Waals surface area contributed by atoms with Gasteiger partial charge in [-0.3, -0.25) is 0 Å². The van der Waals surface area contributed by atoms with Crippen LogP contribution in [0.2, 0.25) is 0 Å². The van der Waals surface area contributed by atoms with E-state index < -0.39 is 18.3 Å². The molecular weight excluding hydrogens is 288 g/mol. The van der Waals surface area contributed by atoms with Gasteiger partial charge in [0.1, 0.15) is 5.75 Å². The molecule has 8 heteroatoms. The van der Waals surface area contributed by atoms with Crippen LogP contribution in [0, 0.1) is 5.82 Å². The van der Waals surface area contributed by atoms with Gasteiger partial charge in [-0.05, 0) is 26.6 Å². The molecule has 1 aromatic carbocycles. The van der Waals surface area contributed by atoms with Gasteiger partial charge in [0.05, 0.1) is 12.4 Å². The van der Waals surface area contributed by atoms with Crippen molar-refractivity contribution >= 4 is 12.4 Å². The second-order valence-electron chi connectivity index (χ2n) is 4.26. The predicted molar refractivity (Wildman–Crippen MR) is 63.8 cm³/mol. The second kappa shape index (κ2) is 8.64. The molecule has 102 valence electrons. The minimum Gasteiger partial charge on any atom is -0.493 e. The second-order valence-corrected chi connectivity index (χ2v) is 4.26. The monoisotopic (exact) mass is 303 g/mol. The van der Waals surface area contributed by atoms with Crippen molar-refractivity contribution in [2.75, 3.05) is 27.2 Å². The van der Waals surface area contributed by atoms with Crippen LogP contribution < -0.4 is 61.6 Å². The average Bonchev–Trinajstić information content (AvgIpc) is 2.22. The number of hydrogen-bond acceptors (Lipinski definition) is 2. The molecule has 0 aliphatic rings. The van der Waals surface area contributed by atoms with Gasteiger partial charge in [0.2, 0.25) is 0 Å². The molecule has 0 aromatic heterocycles. The summed E-state index contributed by atoms with van der Waals surface area (Å²) in [6.45, 7) is -4.17. The van der Waals surface area contributed by atoms with E-state index in [1.807, 2.05) is 19.0 Å². The predicted octanol–water partition coefficient (Wildman–Crippen LogP) is -0.785. The Morgan fingerprint density at radius 1 is 1.21 bits per heavy atom. The topological polar surface area (TPSA) is 12.5 Å². The molecule has 0 fully saturated rings. The molecule has 0 aliphatic carbocycles. The minimum absolute atomic E-state index is 0. The summed E-state index contributed by atoms with van der Waals surface area (Å²) in [6.07, 6.45) is 0.722. The largest absolute Gasteiger partial charge is 1.00 e. The molecule has 0 heterocycles. The Kier molecular flexibility index (Phi) is 8.82. The van der Waals surface area contributed by atoms with E-state index in [1.54, 1.807) is 0 Å². The molecule has 0 aliphatic heterocycles. The maximum atomic E-state index is 13.2. The van der Waals surface area contributed by atoms with E-state index in [-0.39, 0.29) is 57.1 Å². The standard InChI is InChI=1S/C11H15BF4NO.K/c1-17(2)6-3-7-18-9-4-5-10(11(13)8-9)12(14,15)16;/h4-5,8H,3,6-7H2,1-2H3;/q-1;+1. The van der Waals surface area contributed by atoms with Gasteiger partial charge in [0.25, 0.3) is 0 Å². The SMILES string of the molecule is CN(C)CCCOc1ccc([B-](F)(F)F)c(F)c1.[K+]. The summed E-state index contributed by atoms with van der Waals surface area (Å²) < 4.78 is 55.4. The van der Waals surface area contributed by atoms with Crippen molar-refractivity contribution < 1.29 is 73.5 Å². The van der Waals surface area contributed by atoms with Gasteiger partial charge in [0, 0.05) is 12.6 Å². The van der Waals surface area contributed by atoms with Gasteiger partial charge in [-0.2, -0.15) is 0 Å². The van der Waals surface area contributed by atoms with Gasteiger partial charge in [-0.1, -0.05) is 11.5 Å². The van der Waals surface area contributed by atoms with Crippen molar-refractivity contribution in [3.05, 3.63) is 24.0 Å². The molecule has 2 nitrogen and oxygen atoms in total. The number of nitrogens with zero attached hydrogens (tertiary/aromatic N) is 1. The smallest absolute Gasteiger partial charge is 0.493 e. The van der Waals surface area contributed by atoms with Gasteiger partial charge < -0.3 is 22.6 Å². The average molecular weight is 303 g/mol. The Morgan fingerprint density at radius 3 is 2.32 bits per heavy atom. The van der Waals surface area contributed by atoms with E-state index >= 15 is 0 Å². The Labute approximate surface area is 153 Å². The summed E-state index contributed by atoms with van der Waals surface area (Å²) in [5.41, 5.74) is -1.21. The van der Waals surface area contributed by atoms with Crippen LogP contribution in [0.15, 0.2) is 18.2 Å². The zero-order valence-corrected chi connectivity index (χ0v) is 14.4. The fourth-order valence-corrected chi connectivity index (χ4v) is 1.43. The number of ether oxygens (including phenoxy) is 1. The van der Waals surface area contributed by atoms with Gasteiger partial charge >= 0.3 is 58.4 Å². The van der Waals surface area contributed by atoms with E-state index in [9.17, 15) is 17.3 Å². The Balaban J connectivity index is 0.00000324. The Bertz CT molecular complexity index is 401. The first kappa shape index (κ1) is 19.4. The van der Waals surface area contributed by atoms with Gasteiger partial charge in [0.15, 0.2) is 0 Å². The first-order chi connectivity index (χ1) is 8.30. The Morgan fingerprint density at radius 2 is 1.84 bits per heavy atom. The Hall–Kier alpha value is 0.401. The van der Waals surface area contributed by atoms with Crippen LogP contribution in [0.25, 0.3) is 0 Å². The molecular formula is C11H15BF4KNO. The van der Waals surface area contributed by atoms with Crippen molar-refractivity contribution in [2.45, 2.75) is 6.42 Å². The third kappa shape index (κ3) is 7.10. The molecule has 0 amide bonds. The summed E-state index contributed by atoms with van der Waals surface area (Å²) in [7, 11) is 3.81. The van der Waals surface area contributed by atoms with E-state index in [1.165, 1.54) is 0 Å². The first-order valence-electron chi connectivity index (χ1n) is 5.57. The molecule has 0 bridgehead atoms. The zero-order chi connectivity index (χ0) is 13.8. The molecule has 0 saturated carbocycles. The summed E-state index contributed by atoms with van der Waals surface area (Å²) in [6, 6.07) is 2.64. The summed E-state index contributed by atoms with van der Waals surface area (Å²) in [5, 5.41) is 0. The maximum absolute atomic E-state index is 13.2. The van der Waals surface area contributed by atoms with Crippen LogP contribution in [0.3, 0.4) is 0 Å². The third-order valence-electron chi connectivity index (χ3n) is 2.34. The summed E-state index contributed by atoms with van der Waals surface area (Å²) in [4.78, 5) is 1.96. The number of hydrogen-bond donors (Lipinski definition) is 0. The van der Waals surface area contributed by atoms with Crippen LogP contribution in [0.4, 0.5) is 17.3 Å². The third-order valence-corrected chi connectivity index (χ3v) is 2.34. The van der Waals surface area contributed by atoms with Gasteiger partial charge in [-0.15, -0.1) is 0 Å². The number of halogens is 4. The van der Waals surface area contributed by atoms with Crippen molar-refractivity contribution in [1.29, 1.82) is 0 Å². The quantitative estimate of drug-likeness (QED) is 0.388. The first-order valence-corrected chi connectivity index (χ1v) is 5.57. The van der Waals surface area contributed by atoms with Crippen LogP contribution in [0.5, 0.6) is 5.75 Å². The van der Waals surface area contributed by atoms with Crippen molar-refractivity contribution in [2.24, 2.45) is 0 Å². The van der Waals surface area contributed by atoms with Crippen molar-refractivity contribution in [3.8, 4) is 5.75 Å². The molecule has 0 spiro atoms. The van der Waals surface area contributed by atoms with Crippen LogP contribution in [-0.4, -0.2) is 39.1 Å². The van der Waals surface area contributed by atoms with E-state index in [0.29, 0.717) is 6.61 Å². The summed E-state index contributed by atoms with van der Waals surface area (Å²) >= 11 is 0. The molecule has 1 aromatic rings. The fraction of sp³-hybridized carbons (Fsp3) is 0.455. The van der Waals surface area contributed by atoms with Gasteiger partial charge in [-0.25, -0.2) is 4.39 Å². The van der Waals surface area contributed by atoms with Crippen LogP contribution in [-0.2, 0) is 0 Å². The van der Waals surface area contributed by atoms with E-state index in [0.717, 1.165) is 31.2 Å². The molecule has 0 unspecified atom stereocenters. The molecule has 19 heavy (non-hydrogen) atoms. The van der Waals surface area contributed by atoms with Crippen molar-refractivity contribution in [3.63, 3.8) is 0 Å². The fourth-order valence-electron chi connectivity index (χ4n) is 1.43. The number of benzene rings is 1. The molecule has 0 atom stereocenters. The molecule has 1 rings (SSSR count). The van der Waals surface area contributed by atoms with Crippen LogP contribution in [0.1, 0.15) is 6.42 Å². The minimum atomic E-state index is -5.31. The zero-order valence-electron chi connectivity index (χ0n) is 11.3. The van der Waals surface area contributed by atoms with E-state index in [2.05, 4.69) is 0 Å². The normalized spacial score (nSPS) is 11.3. The maximum Gasteiger partial charge on any atom is 1.00 e. The van der Waals surface area contributed by atoms with E-state index in [4.69, 9.17) is 4.74 Å². The summed E-state index contributed by atoms with van der Waals surface area (Å²) in [5.74, 6) is -1.16. The van der Waals surface area contributed by atoms with Crippen LogP contribution >= 0.6 is 0 Å². The molecule has 0 saturated heterocycles. The van der Waals surface area contributed by atoms with Crippen molar-refractivity contribution in [1.82, 2.24) is 4.90 Å². The molecule has 0 N–H and O–H groups in total.